The Morgan fingerprint density at radius 2 is 2.00 bits per heavy atom. The zero-order chi connectivity index (χ0) is 7.94. The summed E-state index contributed by atoms with van der Waals surface area (Å²) in [6, 6.07) is 9.77. The van der Waals surface area contributed by atoms with Gasteiger partial charge in [-0.3, -0.25) is 0 Å². The largest absolute Gasteiger partial charge is 0.306 e. The van der Waals surface area contributed by atoms with Crippen molar-refractivity contribution >= 4 is 0 Å². The van der Waals surface area contributed by atoms with Gasteiger partial charge >= 0.3 is 0 Å². The molecule has 0 aliphatic rings. The van der Waals surface area contributed by atoms with Crippen LogP contribution < -0.4 is 5.32 Å². The van der Waals surface area contributed by atoms with Crippen LogP contribution in [0.2, 0.25) is 0 Å². The summed E-state index contributed by atoms with van der Waals surface area (Å²) in [5, 5.41) is 2.85. The molecule has 11 heavy (non-hydrogen) atoms. The van der Waals surface area contributed by atoms with Crippen LogP contribution in [0.15, 0.2) is 30.3 Å². The number of benzene rings is 1. The van der Waals surface area contributed by atoms with Crippen molar-refractivity contribution in [3.63, 3.8) is 0 Å². The molecule has 0 aliphatic heterocycles. The van der Waals surface area contributed by atoms with E-state index in [9.17, 15) is 4.39 Å². The van der Waals surface area contributed by atoms with Crippen molar-refractivity contribution in [3.8, 4) is 0 Å². The van der Waals surface area contributed by atoms with Crippen LogP contribution in [0.5, 0.6) is 0 Å². The van der Waals surface area contributed by atoms with Crippen molar-refractivity contribution < 1.29 is 4.39 Å². The molecule has 0 atom stereocenters. The highest BCUT2D eigenvalue weighted by atomic mass is 19.1. The van der Waals surface area contributed by atoms with E-state index < -0.39 is 0 Å². The van der Waals surface area contributed by atoms with Gasteiger partial charge in [0.15, 0.2) is 0 Å². The van der Waals surface area contributed by atoms with Crippen LogP contribution in [0, 0.1) is 6.54 Å². The Morgan fingerprint density at radius 1 is 1.27 bits per heavy atom. The lowest BCUT2D eigenvalue weighted by Gasteiger charge is -1.99. The van der Waals surface area contributed by atoms with Gasteiger partial charge in [0.05, 0.1) is 6.54 Å². The molecular weight excluding hydrogens is 141 g/mol. The van der Waals surface area contributed by atoms with Gasteiger partial charge < -0.3 is 5.32 Å². The van der Waals surface area contributed by atoms with Crippen LogP contribution in [0.3, 0.4) is 0 Å². The molecule has 2 heteroatoms. The van der Waals surface area contributed by atoms with Crippen LogP contribution in [0.1, 0.15) is 5.56 Å². The Hall–Kier alpha value is -0.890. The maximum absolute atomic E-state index is 11.6. The SMILES string of the molecule is FCCN[CH]c1ccccc1. The lowest BCUT2D eigenvalue weighted by molar-refractivity contribution is 0.482. The Morgan fingerprint density at radius 3 is 2.64 bits per heavy atom. The highest BCUT2D eigenvalue weighted by Crippen LogP contribution is 1.98. The molecule has 0 aliphatic carbocycles. The van der Waals surface area contributed by atoms with Crippen LogP contribution >= 0.6 is 0 Å². The van der Waals surface area contributed by atoms with Gasteiger partial charge in [0.25, 0.3) is 0 Å². The average molecular weight is 152 g/mol. The summed E-state index contributed by atoms with van der Waals surface area (Å²) in [6.07, 6.45) is 0. The van der Waals surface area contributed by atoms with Crippen molar-refractivity contribution in [2.24, 2.45) is 0 Å². The molecule has 1 aromatic carbocycles. The predicted molar refractivity (Wildman–Crippen MR) is 43.8 cm³/mol. The van der Waals surface area contributed by atoms with Crippen LogP contribution in [-0.2, 0) is 0 Å². The van der Waals surface area contributed by atoms with E-state index in [1.54, 1.807) is 6.54 Å². The van der Waals surface area contributed by atoms with Gasteiger partial charge in [-0.1, -0.05) is 30.3 Å². The molecule has 1 nitrogen and oxygen atoms in total. The minimum Gasteiger partial charge on any atom is -0.306 e. The number of rotatable bonds is 4. The molecule has 0 bridgehead atoms. The van der Waals surface area contributed by atoms with E-state index in [1.807, 2.05) is 30.3 Å². The summed E-state index contributed by atoms with van der Waals surface area (Å²) in [5.41, 5.74) is 1.07. The van der Waals surface area contributed by atoms with Gasteiger partial charge in [-0.25, -0.2) is 4.39 Å². The second kappa shape index (κ2) is 4.85. The quantitative estimate of drug-likeness (QED) is 0.648. The average Bonchev–Trinajstić information content (AvgIpc) is 2.07. The summed E-state index contributed by atoms with van der Waals surface area (Å²) < 4.78 is 11.6. The number of alkyl halides is 1. The zero-order valence-electron chi connectivity index (χ0n) is 6.26. The smallest absolute Gasteiger partial charge is 0.102 e. The Labute approximate surface area is 66.2 Å². The molecule has 1 radical (unpaired) electrons. The summed E-state index contributed by atoms with van der Waals surface area (Å²) in [7, 11) is 0. The summed E-state index contributed by atoms with van der Waals surface area (Å²) in [5.74, 6) is 0. The third-order valence-corrected chi connectivity index (χ3v) is 1.31. The third kappa shape index (κ3) is 3.14. The van der Waals surface area contributed by atoms with Crippen molar-refractivity contribution in [2.45, 2.75) is 0 Å². The van der Waals surface area contributed by atoms with E-state index in [2.05, 4.69) is 5.32 Å². The monoisotopic (exact) mass is 152 g/mol. The number of nitrogens with one attached hydrogen (secondary N) is 1. The molecule has 0 saturated carbocycles. The molecular formula is C9H11FN. The van der Waals surface area contributed by atoms with Gasteiger partial charge in [-0.2, -0.15) is 0 Å². The Balaban J connectivity index is 2.28. The molecule has 0 unspecified atom stereocenters. The van der Waals surface area contributed by atoms with Gasteiger partial charge in [0.2, 0.25) is 0 Å². The molecule has 0 amide bonds. The number of halogens is 1. The van der Waals surface area contributed by atoms with Crippen LogP contribution in [0.25, 0.3) is 0 Å². The molecule has 0 heterocycles. The molecule has 0 fully saturated rings. The standard InChI is InChI=1S/C9H11FN/c10-6-7-11-8-9-4-2-1-3-5-9/h1-5,8,11H,6-7H2. The van der Waals surface area contributed by atoms with E-state index in [1.165, 1.54) is 0 Å². The first-order valence-electron chi connectivity index (χ1n) is 3.61. The maximum atomic E-state index is 11.6. The van der Waals surface area contributed by atoms with E-state index in [-0.39, 0.29) is 6.67 Å². The van der Waals surface area contributed by atoms with E-state index in [0.717, 1.165) is 5.56 Å². The fourth-order valence-electron chi connectivity index (χ4n) is 0.794. The summed E-state index contributed by atoms with van der Waals surface area (Å²) in [6.45, 7) is 1.86. The zero-order valence-corrected chi connectivity index (χ0v) is 6.26. The first-order chi connectivity index (χ1) is 5.43. The molecule has 0 saturated heterocycles. The lowest BCUT2D eigenvalue weighted by atomic mass is 10.2. The van der Waals surface area contributed by atoms with Gasteiger partial charge in [0, 0.05) is 6.54 Å². The maximum Gasteiger partial charge on any atom is 0.102 e. The third-order valence-electron chi connectivity index (χ3n) is 1.31. The van der Waals surface area contributed by atoms with Crippen molar-refractivity contribution in [3.05, 3.63) is 42.4 Å². The second-order valence-electron chi connectivity index (χ2n) is 2.20. The highest BCUT2D eigenvalue weighted by molar-refractivity contribution is 5.21. The van der Waals surface area contributed by atoms with E-state index in [0.29, 0.717) is 6.54 Å². The van der Waals surface area contributed by atoms with Gasteiger partial charge in [0.1, 0.15) is 6.67 Å². The normalized spacial score (nSPS) is 9.91. The van der Waals surface area contributed by atoms with Crippen molar-refractivity contribution in [2.75, 3.05) is 13.2 Å². The number of hydrogen-bond donors (Lipinski definition) is 1. The second-order valence-corrected chi connectivity index (χ2v) is 2.20. The van der Waals surface area contributed by atoms with Crippen LogP contribution in [0.4, 0.5) is 4.39 Å². The summed E-state index contributed by atoms with van der Waals surface area (Å²) in [4.78, 5) is 0. The lowest BCUT2D eigenvalue weighted by Crippen LogP contribution is -2.13. The van der Waals surface area contributed by atoms with Crippen molar-refractivity contribution in [1.29, 1.82) is 0 Å². The van der Waals surface area contributed by atoms with Crippen LogP contribution in [-0.4, -0.2) is 13.2 Å². The Bertz CT molecular complexity index is 186. The molecule has 0 aromatic heterocycles. The first-order valence-corrected chi connectivity index (χ1v) is 3.61. The molecule has 59 valence electrons. The van der Waals surface area contributed by atoms with Crippen molar-refractivity contribution in [1.82, 2.24) is 5.32 Å². The minimum atomic E-state index is -0.330. The predicted octanol–water partition coefficient (Wildman–Crippen LogP) is 1.76. The minimum absolute atomic E-state index is 0.330. The summed E-state index contributed by atoms with van der Waals surface area (Å²) >= 11 is 0. The topological polar surface area (TPSA) is 12.0 Å². The highest BCUT2D eigenvalue weighted by Gasteiger charge is 1.89. The molecule has 1 aromatic rings. The Kier molecular flexibility index (Phi) is 3.62. The van der Waals surface area contributed by atoms with E-state index >= 15 is 0 Å². The van der Waals surface area contributed by atoms with Gasteiger partial charge in [-0.05, 0) is 5.56 Å². The molecule has 0 spiro atoms. The fourth-order valence-corrected chi connectivity index (χ4v) is 0.794. The fraction of sp³-hybridized carbons (Fsp3) is 0.222. The molecule has 1 N–H and O–H groups in total. The number of hydrogen-bond acceptors (Lipinski definition) is 1. The first kappa shape index (κ1) is 8.21. The van der Waals surface area contributed by atoms with E-state index in [4.69, 9.17) is 0 Å². The molecule has 1 rings (SSSR count). The van der Waals surface area contributed by atoms with Gasteiger partial charge in [-0.15, -0.1) is 0 Å².